The Bertz CT molecular complexity index is 604. The number of aliphatic hydroxyl groups excluding tert-OH is 1. The van der Waals surface area contributed by atoms with Crippen LogP contribution in [0.25, 0.3) is 5.69 Å². The van der Waals surface area contributed by atoms with Crippen molar-refractivity contribution >= 4 is 5.69 Å². The second-order valence-corrected chi connectivity index (χ2v) is 6.10. The van der Waals surface area contributed by atoms with Crippen molar-refractivity contribution in [1.29, 1.82) is 0 Å². The lowest BCUT2D eigenvalue weighted by atomic mass is 10.2. The maximum Gasteiger partial charge on any atom is 0.238 e. The van der Waals surface area contributed by atoms with E-state index in [1.54, 1.807) is 22.0 Å². The van der Waals surface area contributed by atoms with E-state index in [0.29, 0.717) is 6.54 Å². The summed E-state index contributed by atoms with van der Waals surface area (Å²) in [5.74, 6) is 0. The van der Waals surface area contributed by atoms with Crippen LogP contribution in [0.1, 0.15) is 33.4 Å². The fourth-order valence-electron chi connectivity index (χ4n) is 2.18. The predicted molar refractivity (Wildman–Crippen MR) is 86.0 cm³/mol. The molecular weight excluding hydrogens is 280 g/mol. The largest absolute Gasteiger partial charge is 0.351 e. The smallest absolute Gasteiger partial charge is 0.238 e. The summed E-state index contributed by atoms with van der Waals surface area (Å²) in [6.07, 6.45) is 4.33. The van der Waals surface area contributed by atoms with Crippen LogP contribution in [-0.2, 0) is 4.74 Å². The zero-order valence-corrected chi connectivity index (χ0v) is 13.8. The van der Waals surface area contributed by atoms with Crippen LogP contribution in [0.5, 0.6) is 0 Å². The number of ether oxygens (including phenoxy) is 1. The van der Waals surface area contributed by atoms with Crippen molar-refractivity contribution < 1.29 is 9.84 Å². The molecule has 0 aromatic carbocycles. The highest BCUT2D eigenvalue weighted by molar-refractivity contribution is 5.50. The summed E-state index contributed by atoms with van der Waals surface area (Å²) in [6, 6.07) is 3.79. The minimum atomic E-state index is -1.02. The number of rotatable bonds is 5. The van der Waals surface area contributed by atoms with E-state index in [2.05, 4.69) is 10.1 Å². The molecule has 1 atom stereocenters. The van der Waals surface area contributed by atoms with Gasteiger partial charge in [-0.1, -0.05) is 0 Å². The van der Waals surface area contributed by atoms with Crippen molar-refractivity contribution in [1.82, 2.24) is 14.8 Å². The van der Waals surface area contributed by atoms with Gasteiger partial charge in [-0.15, -0.1) is 0 Å². The van der Waals surface area contributed by atoms with Crippen molar-refractivity contribution in [2.24, 2.45) is 0 Å². The van der Waals surface area contributed by atoms with Gasteiger partial charge in [0, 0.05) is 12.7 Å². The molecule has 0 spiro atoms. The van der Waals surface area contributed by atoms with Gasteiger partial charge in [0.2, 0.25) is 6.41 Å². The molecule has 0 radical (unpaired) electrons. The van der Waals surface area contributed by atoms with Gasteiger partial charge in [0.25, 0.3) is 0 Å². The molecule has 6 nitrogen and oxygen atoms in total. The van der Waals surface area contributed by atoms with Crippen LogP contribution in [0.15, 0.2) is 30.7 Å². The Balaban J connectivity index is 2.29. The number of hydrogen-bond donors (Lipinski definition) is 1. The van der Waals surface area contributed by atoms with E-state index in [1.165, 1.54) is 0 Å². The molecule has 0 amide bonds. The number of hydrogen-bond acceptors (Lipinski definition) is 5. The second kappa shape index (κ2) is 6.46. The van der Waals surface area contributed by atoms with Crippen molar-refractivity contribution in [3.8, 4) is 5.69 Å². The molecular formula is C16H24N4O2. The molecule has 2 heterocycles. The monoisotopic (exact) mass is 304 g/mol. The van der Waals surface area contributed by atoms with Crippen LogP contribution in [0.2, 0.25) is 0 Å². The summed E-state index contributed by atoms with van der Waals surface area (Å²) >= 11 is 0. The summed E-state index contributed by atoms with van der Waals surface area (Å²) < 4.78 is 7.40. The van der Waals surface area contributed by atoms with Gasteiger partial charge in [0.1, 0.15) is 0 Å². The first-order valence-corrected chi connectivity index (χ1v) is 7.41. The zero-order chi connectivity index (χ0) is 16.3. The molecule has 1 unspecified atom stereocenters. The molecule has 1 N–H and O–H groups in total. The van der Waals surface area contributed by atoms with Crippen LogP contribution < -0.4 is 4.90 Å². The van der Waals surface area contributed by atoms with Gasteiger partial charge in [0.15, 0.2) is 0 Å². The first kappa shape index (κ1) is 16.5. The van der Waals surface area contributed by atoms with E-state index < -0.39 is 12.0 Å². The fraction of sp³-hybridized carbons (Fsp3) is 0.500. The highest BCUT2D eigenvalue weighted by atomic mass is 16.6. The molecule has 0 fully saturated rings. The van der Waals surface area contributed by atoms with Crippen LogP contribution >= 0.6 is 0 Å². The predicted octanol–water partition coefficient (Wildman–Crippen LogP) is 2.49. The quantitative estimate of drug-likeness (QED) is 0.860. The molecule has 2 aromatic rings. The molecule has 22 heavy (non-hydrogen) atoms. The van der Waals surface area contributed by atoms with E-state index in [1.807, 2.05) is 52.9 Å². The molecule has 0 saturated carbocycles. The second-order valence-electron chi connectivity index (χ2n) is 6.10. The molecule has 0 aliphatic carbocycles. The van der Waals surface area contributed by atoms with Crippen LogP contribution in [0.3, 0.4) is 0 Å². The van der Waals surface area contributed by atoms with Crippen molar-refractivity contribution in [2.45, 2.75) is 46.6 Å². The first-order chi connectivity index (χ1) is 10.3. The average Bonchev–Trinajstić information content (AvgIpc) is 2.81. The van der Waals surface area contributed by atoms with Crippen molar-refractivity contribution in [2.75, 3.05) is 11.4 Å². The highest BCUT2D eigenvalue weighted by Gasteiger charge is 2.24. The standard InChI is InChI=1S/C16H24N4O2/c1-6-19(15(21)22-16(3,4)5)14-11-20(18-12(14)2)13-8-7-9-17-10-13/h7-11,15,21H,6H2,1-5H3. The third-order valence-corrected chi connectivity index (χ3v) is 3.16. The Morgan fingerprint density at radius 3 is 2.68 bits per heavy atom. The Morgan fingerprint density at radius 1 is 1.41 bits per heavy atom. The minimum Gasteiger partial charge on any atom is -0.351 e. The molecule has 6 heteroatoms. The number of aryl methyl sites for hydroxylation is 1. The van der Waals surface area contributed by atoms with Gasteiger partial charge in [-0.05, 0) is 46.8 Å². The SMILES string of the molecule is CCN(c1cn(-c2cccnc2)nc1C)C(O)OC(C)(C)C. The van der Waals surface area contributed by atoms with E-state index in [0.717, 1.165) is 17.1 Å². The summed E-state index contributed by atoms with van der Waals surface area (Å²) in [7, 11) is 0. The number of anilines is 1. The van der Waals surface area contributed by atoms with Gasteiger partial charge in [0.05, 0.1) is 35.1 Å². The molecule has 120 valence electrons. The summed E-state index contributed by atoms with van der Waals surface area (Å²) in [4.78, 5) is 5.88. The lowest BCUT2D eigenvalue weighted by Gasteiger charge is -2.32. The molecule has 2 aromatic heterocycles. The van der Waals surface area contributed by atoms with E-state index in [4.69, 9.17) is 4.74 Å². The first-order valence-electron chi connectivity index (χ1n) is 7.41. The number of aliphatic hydroxyl groups is 1. The fourth-order valence-corrected chi connectivity index (χ4v) is 2.18. The van der Waals surface area contributed by atoms with Gasteiger partial charge < -0.3 is 14.7 Å². The Morgan fingerprint density at radius 2 is 2.14 bits per heavy atom. The van der Waals surface area contributed by atoms with Crippen LogP contribution in [-0.4, -0.2) is 38.4 Å². The van der Waals surface area contributed by atoms with Gasteiger partial charge in [-0.3, -0.25) is 4.98 Å². The summed E-state index contributed by atoms with van der Waals surface area (Å²) in [5.41, 5.74) is 2.10. The number of aromatic nitrogens is 3. The van der Waals surface area contributed by atoms with E-state index in [9.17, 15) is 5.11 Å². The van der Waals surface area contributed by atoms with Gasteiger partial charge >= 0.3 is 0 Å². The van der Waals surface area contributed by atoms with Gasteiger partial charge in [-0.2, -0.15) is 5.10 Å². The van der Waals surface area contributed by atoms with E-state index >= 15 is 0 Å². The molecule has 2 rings (SSSR count). The lowest BCUT2D eigenvalue weighted by Crippen LogP contribution is -2.42. The molecule has 0 aliphatic rings. The highest BCUT2D eigenvalue weighted by Crippen LogP contribution is 2.24. The topological polar surface area (TPSA) is 63.4 Å². The van der Waals surface area contributed by atoms with Crippen molar-refractivity contribution in [3.63, 3.8) is 0 Å². The van der Waals surface area contributed by atoms with Gasteiger partial charge in [-0.25, -0.2) is 4.68 Å². The van der Waals surface area contributed by atoms with Crippen LogP contribution in [0, 0.1) is 6.92 Å². The maximum atomic E-state index is 10.4. The van der Waals surface area contributed by atoms with Crippen LogP contribution in [0.4, 0.5) is 5.69 Å². The van der Waals surface area contributed by atoms with Crippen molar-refractivity contribution in [3.05, 3.63) is 36.4 Å². The normalized spacial score (nSPS) is 13.2. The Hall–Kier alpha value is -1.92. The third-order valence-electron chi connectivity index (χ3n) is 3.16. The summed E-state index contributed by atoms with van der Waals surface area (Å²) in [5, 5.41) is 14.9. The lowest BCUT2D eigenvalue weighted by molar-refractivity contribution is -0.164. The number of nitrogens with zero attached hydrogens (tertiary/aromatic N) is 4. The Labute approximate surface area is 131 Å². The molecule has 0 bridgehead atoms. The van der Waals surface area contributed by atoms with E-state index in [-0.39, 0.29) is 0 Å². The Kier molecular flexibility index (Phi) is 4.83. The number of pyridine rings is 1. The molecule has 0 aliphatic heterocycles. The zero-order valence-electron chi connectivity index (χ0n) is 13.8. The minimum absolute atomic E-state index is 0.430. The average molecular weight is 304 g/mol. The third kappa shape index (κ3) is 3.84. The maximum absolute atomic E-state index is 10.4. The molecule has 0 saturated heterocycles. The summed E-state index contributed by atoms with van der Waals surface area (Å²) in [6.45, 7) is 10.2.